The normalized spacial score (nSPS) is 10.6. The van der Waals surface area contributed by atoms with Crippen LogP contribution in [-0.4, -0.2) is 10.1 Å². The van der Waals surface area contributed by atoms with Crippen LogP contribution in [0.25, 0.3) is 0 Å². The van der Waals surface area contributed by atoms with Gasteiger partial charge in [-0.2, -0.15) is 0 Å². The molecule has 3 nitrogen and oxygen atoms in total. The van der Waals surface area contributed by atoms with Crippen LogP contribution in [0.3, 0.4) is 0 Å². The lowest BCUT2D eigenvalue weighted by Gasteiger charge is -2.04. The van der Waals surface area contributed by atoms with E-state index in [0.717, 1.165) is 24.2 Å². The molecule has 1 aromatic heterocycles. The Hall–Kier alpha value is -1.39. The van der Waals surface area contributed by atoms with E-state index < -0.39 is 0 Å². The number of aromatic nitrogens is 1. The summed E-state index contributed by atoms with van der Waals surface area (Å²) in [6.07, 6.45) is 0.990. The Morgan fingerprint density at radius 2 is 2.12 bits per heavy atom. The molecule has 0 aliphatic heterocycles. The van der Waals surface area contributed by atoms with Crippen molar-refractivity contribution in [3.63, 3.8) is 0 Å². The van der Waals surface area contributed by atoms with Crippen molar-refractivity contribution < 1.29 is 5.11 Å². The zero-order valence-electron chi connectivity index (χ0n) is 9.81. The molecule has 0 saturated carbocycles. The van der Waals surface area contributed by atoms with E-state index in [1.54, 1.807) is 17.4 Å². The molecule has 0 bridgehead atoms. The van der Waals surface area contributed by atoms with Gasteiger partial charge in [0.2, 0.25) is 0 Å². The van der Waals surface area contributed by atoms with Crippen molar-refractivity contribution >= 4 is 11.3 Å². The first kappa shape index (κ1) is 12.1. The van der Waals surface area contributed by atoms with Crippen molar-refractivity contribution in [3.05, 3.63) is 45.9 Å². The third-order valence-corrected chi connectivity index (χ3v) is 3.56. The SMILES string of the molecule is CCc1nc(CNCc2ccccc2O)cs1. The zero-order valence-corrected chi connectivity index (χ0v) is 10.6. The van der Waals surface area contributed by atoms with Crippen LogP contribution in [0.2, 0.25) is 0 Å². The molecule has 2 aromatic rings. The molecule has 90 valence electrons. The van der Waals surface area contributed by atoms with E-state index in [9.17, 15) is 5.11 Å². The highest BCUT2D eigenvalue weighted by atomic mass is 32.1. The highest BCUT2D eigenvalue weighted by Gasteiger charge is 2.01. The monoisotopic (exact) mass is 248 g/mol. The molecule has 1 heterocycles. The van der Waals surface area contributed by atoms with Crippen LogP contribution >= 0.6 is 11.3 Å². The summed E-state index contributed by atoms with van der Waals surface area (Å²) in [5.74, 6) is 0.340. The second-order valence-corrected chi connectivity index (χ2v) is 4.76. The van der Waals surface area contributed by atoms with Gasteiger partial charge in [0.25, 0.3) is 0 Å². The number of hydrogen-bond acceptors (Lipinski definition) is 4. The van der Waals surface area contributed by atoms with Crippen LogP contribution in [0, 0.1) is 0 Å². The van der Waals surface area contributed by atoms with Crippen LogP contribution in [0.4, 0.5) is 0 Å². The van der Waals surface area contributed by atoms with E-state index in [1.165, 1.54) is 5.01 Å². The molecule has 0 spiro atoms. The number of benzene rings is 1. The Morgan fingerprint density at radius 1 is 1.29 bits per heavy atom. The highest BCUT2D eigenvalue weighted by molar-refractivity contribution is 7.09. The van der Waals surface area contributed by atoms with Gasteiger partial charge in [-0.1, -0.05) is 25.1 Å². The summed E-state index contributed by atoms with van der Waals surface area (Å²) < 4.78 is 0. The van der Waals surface area contributed by atoms with Crippen LogP contribution < -0.4 is 5.32 Å². The van der Waals surface area contributed by atoms with Crippen LogP contribution in [0.5, 0.6) is 5.75 Å². The van der Waals surface area contributed by atoms with Gasteiger partial charge in [-0.25, -0.2) is 4.98 Å². The Morgan fingerprint density at radius 3 is 2.82 bits per heavy atom. The minimum Gasteiger partial charge on any atom is -0.508 e. The highest BCUT2D eigenvalue weighted by Crippen LogP contribution is 2.15. The van der Waals surface area contributed by atoms with E-state index in [4.69, 9.17) is 0 Å². The second kappa shape index (κ2) is 5.80. The quantitative estimate of drug-likeness (QED) is 0.855. The van der Waals surface area contributed by atoms with E-state index >= 15 is 0 Å². The molecular formula is C13H16N2OS. The number of aryl methyl sites for hydroxylation is 1. The largest absolute Gasteiger partial charge is 0.508 e. The number of rotatable bonds is 5. The molecule has 1 aromatic carbocycles. The Bertz CT molecular complexity index is 482. The van der Waals surface area contributed by atoms with Gasteiger partial charge in [0, 0.05) is 24.0 Å². The molecular weight excluding hydrogens is 232 g/mol. The maximum Gasteiger partial charge on any atom is 0.120 e. The molecule has 0 amide bonds. The smallest absolute Gasteiger partial charge is 0.120 e. The standard InChI is InChI=1S/C13H16N2OS/c1-2-13-15-11(9-17-13)8-14-7-10-5-3-4-6-12(10)16/h3-6,9,14,16H,2,7-8H2,1H3. The maximum atomic E-state index is 9.60. The molecule has 17 heavy (non-hydrogen) atoms. The number of phenols is 1. The number of phenolic OH excluding ortho intramolecular Hbond substituents is 1. The molecule has 0 saturated heterocycles. The number of aromatic hydroxyl groups is 1. The van der Waals surface area contributed by atoms with Gasteiger partial charge in [-0.05, 0) is 12.5 Å². The van der Waals surface area contributed by atoms with Gasteiger partial charge in [-0.3, -0.25) is 0 Å². The molecule has 4 heteroatoms. The molecule has 0 radical (unpaired) electrons. The number of nitrogens with one attached hydrogen (secondary N) is 1. The Kier molecular flexibility index (Phi) is 4.12. The van der Waals surface area contributed by atoms with Crippen LogP contribution in [-0.2, 0) is 19.5 Å². The molecule has 0 atom stereocenters. The molecule has 2 rings (SSSR count). The molecule has 0 aliphatic rings. The third kappa shape index (κ3) is 3.28. The van der Waals surface area contributed by atoms with Gasteiger partial charge in [0.1, 0.15) is 5.75 Å². The average Bonchev–Trinajstić information content (AvgIpc) is 2.80. The second-order valence-electron chi connectivity index (χ2n) is 3.82. The Labute approximate surface area is 105 Å². The average molecular weight is 248 g/mol. The van der Waals surface area contributed by atoms with Crippen LogP contribution in [0.15, 0.2) is 29.6 Å². The molecule has 0 unspecified atom stereocenters. The van der Waals surface area contributed by atoms with E-state index in [1.807, 2.05) is 18.2 Å². The topological polar surface area (TPSA) is 45.2 Å². The summed E-state index contributed by atoms with van der Waals surface area (Å²) in [7, 11) is 0. The summed E-state index contributed by atoms with van der Waals surface area (Å²) in [5.41, 5.74) is 1.99. The minimum atomic E-state index is 0.340. The van der Waals surface area contributed by atoms with Crippen molar-refractivity contribution in [2.24, 2.45) is 0 Å². The van der Waals surface area contributed by atoms with Crippen LogP contribution in [0.1, 0.15) is 23.2 Å². The van der Waals surface area contributed by atoms with Crippen molar-refractivity contribution in [1.82, 2.24) is 10.3 Å². The van der Waals surface area contributed by atoms with Gasteiger partial charge in [0.05, 0.1) is 10.7 Å². The number of para-hydroxylation sites is 1. The first-order valence-electron chi connectivity index (χ1n) is 5.70. The predicted octanol–water partition coefficient (Wildman–Crippen LogP) is 2.70. The summed E-state index contributed by atoms with van der Waals surface area (Å²) in [6.45, 7) is 3.51. The minimum absolute atomic E-state index is 0.340. The summed E-state index contributed by atoms with van der Waals surface area (Å²) >= 11 is 1.70. The van der Waals surface area contributed by atoms with Crippen molar-refractivity contribution in [2.75, 3.05) is 0 Å². The number of hydrogen-bond donors (Lipinski definition) is 2. The lowest BCUT2D eigenvalue weighted by Crippen LogP contribution is -2.13. The summed E-state index contributed by atoms with van der Waals surface area (Å²) in [4.78, 5) is 4.48. The number of nitrogens with zero attached hydrogens (tertiary/aromatic N) is 1. The molecule has 2 N–H and O–H groups in total. The summed E-state index contributed by atoms with van der Waals surface area (Å²) in [6, 6.07) is 7.37. The van der Waals surface area contributed by atoms with E-state index in [0.29, 0.717) is 12.3 Å². The lowest BCUT2D eigenvalue weighted by molar-refractivity contribution is 0.464. The first-order chi connectivity index (χ1) is 8.29. The first-order valence-corrected chi connectivity index (χ1v) is 6.58. The van der Waals surface area contributed by atoms with Crippen molar-refractivity contribution in [3.8, 4) is 5.75 Å². The Balaban J connectivity index is 1.85. The summed E-state index contributed by atoms with van der Waals surface area (Å²) in [5, 5.41) is 16.1. The maximum absolute atomic E-state index is 9.60. The zero-order chi connectivity index (χ0) is 12.1. The third-order valence-electron chi connectivity index (χ3n) is 2.51. The fourth-order valence-electron chi connectivity index (χ4n) is 1.58. The fraction of sp³-hybridized carbons (Fsp3) is 0.308. The van der Waals surface area contributed by atoms with E-state index in [-0.39, 0.29) is 0 Å². The lowest BCUT2D eigenvalue weighted by atomic mass is 10.2. The van der Waals surface area contributed by atoms with E-state index in [2.05, 4.69) is 22.6 Å². The van der Waals surface area contributed by atoms with Crippen molar-refractivity contribution in [2.45, 2.75) is 26.4 Å². The molecule has 0 aliphatic carbocycles. The van der Waals surface area contributed by atoms with Gasteiger partial charge in [0.15, 0.2) is 0 Å². The van der Waals surface area contributed by atoms with Gasteiger partial charge >= 0.3 is 0 Å². The predicted molar refractivity (Wildman–Crippen MR) is 70.1 cm³/mol. The van der Waals surface area contributed by atoms with Crippen molar-refractivity contribution in [1.29, 1.82) is 0 Å². The number of thiazole rings is 1. The van der Waals surface area contributed by atoms with Gasteiger partial charge in [-0.15, -0.1) is 11.3 Å². The fourth-order valence-corrected chi connectivity index (χ4v) is 2.32. The van der Waals surface area contributed by atoms with Gasteiger partial charge < -0.3 is 10.4 Å². The molecule has 0 fully saturated rings.